The highest BCUT2D eigenvalue weighted by atomic mass is 35.5. The predicted octanol–water partition coefficient (Wildman–Crippen LogP) is 1.79. The second-order valence-corrected chi connectivity index (χ2v) is 4.63. The van der Waals surface area contributed by atoms with E-state index in [1.165, 1.54) is 0 Å². The zero-order valence-corrected chi connectivity index (χ0v) is 10.9. The maximum atomic E-state index is 13.4. The van der Waals surface area contributed by atoms with Gasteiger partial charge in [0, 0.05) is 32.3 Å². The van der Waals surface area contributed by atoms with E-state index in [4.69, 9.17) is 16.3 Å². The maximum Gasteiger partial charge on any atom is 0.294 e. The zero-order chi connectivity index (χ0) is 14.0. The Kier molecular flexibility index (Phi) is 4.18. The van der Waals surface area contributed by atoms with Crippen molar-refractivity contribution in [2.75, 3.05) is 25.5 Å². The average Bonchev–Trinajstić information content (AvgIpc) is 2.80. The van der Waals surface area contributed by atoms with Gasteiger partial charge in [-0.2, -0.15) is 0 Å². The molecule has 2 N–H and O–H groups in total. The highest BCUT2D eigenvalue weighted by Crippen LogP contribution is 2.31. The van der Waals surface area contributed by atoms with E-state index in [0.717, 1.165) is 12.1 Å². The molecule has 1 aromatic rings. The zero-order valence-electron chi connectivity index (χ0n) is 10.2. The van der Waals surface area contributed by atoms with Crippen molar-refractivity contribution in [3.05, 3.63) is 33.1 Å². The van der Waals surface area contributed by atoms with Gasteiger partial charge in [-0.3, -0.25) is 10.1 Å². The third-order valence-corrected chi connectivity index (χ3v) is 3.33. The first-order valence-corrected chi connectivity index (χ1v) is 6.04. The summed E-state index contributed by atoms with van der Waals surface area (Å²) in [5.74, 6) is -0.699. The van der Waals surface area contributed by atoms with Gasteiger partial charge in [0.05, 0.1) is 22.1 Å². The minimum absolute atomic E-state index is 0.0997. The first kappa shape index (κ1) is 14.0. The lowest BCUT2D eigenvalue weighted by Crippen LogP contribution is -2.33. The molecule has 19 heavy (non-hydrogen) atoms. The number of nitro groups is 1. The first-order chi connectivity index (χ1) is 9.02. The van der Waals surface area contributed by atoms with Crippen LogP contribution in [0.15, 0.2) is 12.1 Å². The minimum Gasteiger partial charge on any atom is -0.378 e. The molecular weight excluding hydrogens is 277 g/mol. The van der Waals surface area contributed by atoms with Crippen molar-refractivity contribution in [3.63, 3.8) is 0 Å². The average molecular weight is 290 g/mol. The van der Waals surface area contributed by atoms with Crippen LogP contribution in [-0.2, 0) is 4.74 Å². The summed E-state index contributed by atoms with van der Waals surface area (Å²) in [6.07, 6.45) is -0.127. The van der Waals surface area contributed by atoms with E-state index in [0.29, 0.717) is 13.1 Å². The van der Waals surface area contributed by atoms with Gasteiger partial charge in [0.25, 0.3) is 5.69 Å². The Labute approximate surface area is 114 Å². The maximum absolute atomic E-state index is 13.4. The smallest absolute Gasteiger partial charge is 0.294 e. The number of benzene rings is 1. The number of methoxy groups -OCH3 is 1. The van der Waals surface area contributed by atoms with Crippen molar-refractivity contribution in [1.29, 1.82) is 0 Å². The van der Waals surface area contributed by atoms with Crippen LogP contribution < -0.4 is 10.6 Å². The van der Waals surface area contributed by atoms with E-state index in [2.05, 4.69) is 10.6 Å². The molecule has 1 aromatic carbocycles. The highest BCUT2D eigenvalue weighted by molar-refractivity contribution is 6.31. The number of halogens is 2. The van der Waals surface area contributed by atoms with Crippen LogP contribution in [0.3, 0.4) is 0 Å². The molecule has 8 heteroatoms. The lowest BCUT2D eigenvalue weighted by Gasteiger charge is -2.19. The molecule has 1 fully saturated rings. The second kappa shape index (κ2) is 5.68. The van der Waals surface area contributed by atoms with Gasteiger partial charge in [0.1, 0.15) is 11.5 Å². The summed E-state index contributed by atoms with van der Waals surface area (Å²) in [5.41, 5.74) is -0.157. The van der Waals surface area contributed by atoms with Gasteiger partial charge in [-0.25, -0.2) is 4.39 Å². The fraction of sp³-hybridized carbons (Fsp3) is 0.455. The number of rotatable bonds is 4. The summed E-state index contributed by atoms with van der Waals surface area (Å²) in [6.45, 7) is 1.22. The number of anilines is 1. The van der Waals surface area contributed by atoms with Crippen molar-refractivity contribution in [1.82, 2.24) is 5.32 Å². The van der Waals surface area contributed by atoms with Gasteiger partial charge in [0.15, 0.2) is 0 Å². The standard InChI is InChI=1S/C11H13ClFN3O3/c1-19-11-5-14-4-9(11)15-8-3-7(13)6(12)2-10(8)16(17)18/h2-3,9,11,14-15H,4-5H2,1H3/t9?,11-/m0/s1. The van der Waals surface area contributed by atoms with Crippen LogP contribution in [0.5, 0.6) is 0 Å². The van der Waals surface area contributed by atoms with E-state index in [1.807, 2.05) is 0 Å². The third kappa shape index (κ3) is 2.94. The molecule has 2 rings (SSSR count). The van der Waals surface area contributed by atoms with Gasteiger partial charge in [-0.1, -0.05) is 11.6 Å². The number of nitro benzene ring substituents is 1. The molecule has 0 spiro atoms. The largest absolute Gasteiger partial charge is 0.378 e. The van der Waals surface area contributed by atoms with Crippen LogP contribution in [0.25, 0.3) is 0 Å². The molecule has 0 bridgehead atoms. The number of nitrogens with one attached hydrogen (secondary N) is 2. The lowest BCUT2D eigenvalue weighted by atomic mass is 10.2. The van der Waals surface area contributed by atoms with Crippen molar-refractivity contribution in [3.8, 4) is 0 Å². The quantitative estimate of drug-likeness (QED) is 0.653. The van der Waals surface area contributed by atoms with E-state index in [1.54, 1.807) is 7.11 Å². The van der Waals surface area contributed by atoms with E-state index in [9.17, 15) is 14.5 Å². The first-order valence-electron chi connectivity index (χ1n) is 5.66. The topological polar surface area (TPSA) is 76.4 Å². The molecule has 6 nitrogen and oxygen atoms in total. The van der Waals surface area contributed by atoms with Crippen LogP contribution >= 0.6 is 11.6 Å². The summed E-state index contributed by atoms with van der Waals surface area (Å²) in [5, 5.41) is 16.7. The van der Waals surface area contributed by atoms with Crippen molar-refractivity contribution < 1.29 is 14.1 Å². The predicted molar refractivity (Wildman–Crippen MR) is 69.1 cm³/mol. The molecule has 2 atom stereocenters. The van der Waals surface area contributed by atoms with Crippen LogP contribution in [0, 0.1) is 15.9 Å². The van der Waals surface area contributed by atoms with Crippen molar-refractivity contribution >= 4 is 23.0 Å². The van der Waals surface area contributed by atoms with Gasteiger partial charge < -0.3 is 15.4 Å². The minimum atomic E-state index is -0.699. The van der Waals surface area contributed by atoms with Gasteiger partial charge in [0.2, 0.25) is 0 Å². The number of hydrogen-bond acceptors (Lipinski definition) is 5. The molecule has 1 heterocycles. The van der Waals surface area contributed by atoms with Gasteiger partial charge >= 0.3 is 0 Å². The Morgan fingerprint density at radius 2 is 2.32 bits per heavy atom. The van der Waals surface area contributed by atoms with Crippen LogP contribution in [0.4, 0.5) is 15.8 Å². The molecule has 1 unspecified atom stereocenters. The number of hydrogen-bond donors (Lipinski definition) is 2. The summed E-state index contributed by atoms with van der Waals surface area (Å²) in [6, 6.07) is 1.87. The van der Waals surface area contributed by atoms with Crippen molar-refractivity contribution in [2.45, 2.75) is 12.1 Å². The van der Waals surface area contributed by atoms with E-state index >= 15 is 0 Å². The molecule has 0 aromatic heterocycles. The molecule has 0 amide bonds. The molecule has 1 aliphatic heterocycles. The SMILES string of the molecule is CO[C@H]1CNCC1Nc1cc(F)c(Cl)cc1[N+](=O)[O-]. The Morgan fingerprint density at radius 3 is 2.95 bits per heavy atom. The highest BCUT2D eigenvalue weighted by Gasteiger charge is 2.29. The Hall–Kier alpha value is -1.44. The fourth-order valence-corrected chi connectivity index (χ4v) is 2.21. The molecule has 1 saturated heterocycles. The summed E-state index contributed by atoms with van der Waals surface area (Å²) < 4.78 is 18.7. The van der Waals surface area contributed by atoms with Crippen LogP contribution in [0.2, 0.25) is 5.02 Å². The lowest BCUT2D eigenvalue weighted by molar-refractivity contribution is -0.384. The monoisotopic (exact) mass is 289 g/mol. The van der Waals surface area contributed by atoms with Crippen LogP contribution in [0.1, 0.15) is 0 Å². The molecular formula is C11H13ClFN3O3. The Balaban J connectivity index is 2.28. The fourth-order valence-electron chi connectivity index (χ4n) is 2.05. The van der Waals surface area contributed by atoms with Crippen LogP contribution in [-0.4, -0.2) is 37.3 Å². The number of ether oxygens (including phenoxy) is 1. The Morgan fingerprint density at radius 1 is 1.58 bits per heavy atom. The third-order valence-electron chi connectivity index (χ3n) is 3.04. The number of nitrogens with zero attached hydrogens (tertiary/aromatic N) is 1. The molecule has 104 valence electrons. The summed E-state index contributed by atoms with van der Waals surface area (Å²) >= 11 is 5.56. The van der Waals surface area contributed by atoms with E-state index in [-0.39, 0.29) is 28.5 Å². The molecule has 0 radical (unpaired) electrons. The Bertz CT molecular complexity index is 500. The molecule has 0 aliphatic carbocycles. The summed E-state index contributed by atoms with van der Waals surface area (Å²) in [7, 11) is 1.56. The normalized spacial score (nSPS) is 22.5. The molecule has 1 aliphatic rings. The second-order valence-electron chi connectivity index (χ2n) is 4.22. The molecule has 0 saturated carbocycles. The van der Waals surface area contributed by atoms with E-state index < -0.39 is 10.7 Å². The van der Waals surface area contributed by atoms with Crippen molar-refractivity contribution in [2.24, 2.45) is 0 Å². The summed E-state index contributed by atoms with van der Waals surface area (Å²) in [4.78, 5) is 10.3. The van der Waals surface area contributed by atoms with Gasteiger partial charge in [-0.15, -0.1) is 0 Å². The van der Waals surface area contributed by atoms with Gasteiger partial charge in [-0.05, 0) is 0 Å².